The molecular formula is C17H15ClN4O3. The van der Waals surface area contributed by atoms with E-state index in [1.54, 1.807) is 18.3 Å². The molecular weight excluding hydrogens is 344 g/mol. The summed E-state index contributed by atoms with van der Waals surface area (Å²) in [5.74, 6) is 0.443. The molecule has 0 radical (unpaired) electrons. The molecule has 0 atom stereocenters. The summed E-state index contributed by atoms with van der Waals surface area (Å²) in [6.07, 6.45) is 1.54. The fourth-order valence-electron chi connectivity index (χ4n) is 2.22. The van der Waals surface area contributed by atoms with Crippen LogP contribution in [0.1, 0.15) is 10.5 Å². The van der Waals surface area contributed by atoms with Crippen molar-refractivity contribution in [1.29, 1.82) is 0 Å². The van der Waals surface area contributed by atoms with Crippen LogP contribution in [0.15, 0.2) is 48.7 Å². The van der Waals surface area contributed by atoms with Gasteiger partial charge in [0.25, 0.3) is 5.91 Å². The van der Waals surface area contributed by atoms with E-state index in [0.29, 0.717) is 22.2 Å². The van der Waals surface area contributed by atoms with Crippen LogP contribution < -0.4 is 14.8 Å². The Morgan fingerprint density at radius 3 is 2.52 bits per heavy atom. The van der Waals surface area contributed by atoms with E-state index in [4.69, 9.17) is 21.1 Å². The number of benzene rings is 2. The molecule has 3 rings (SSSR count). The van der Waals surface area contributed by atoms with Gasteiger partial charge in [0, 0.05) is 6.07 Å². The van der Waals surface area contributed by atoms with Crippen molar-refractivity contribution in [2.75, 3.05) is 19.5 Å². The first kappa shape index (κ1) is 16.8. The zero-order chi connectivity index (χ0) is 17.8. The second kappa shape index (κ2) is 7.23. The summed E-state index contributed by atoms with van der Waals surface area (Å²) in [4.78, 5) is 12.4. The van der Waals surface area contributed by atoms with Crippen LogP contribution in [0.4, 0.5) is 5.69 Å². The lowest BCUT2D eigenvalue weighted by atomic mass is 10.2. The van der Waals surface area contributed by atoms with E-state index >= 15 is 0 Å². The predicted molar refractivity (Wildman–Crippen MR) is 93.9 cm³/mol. The number of methoxy groups -OCH3 is 2. The van der Waals surface area contributed by atoms with E-state index in [2.05, 4.69) is 15.6 Å². The molecule has 1 heterocycles. The molecule has 8 heteroatoms. The van der Waals surface area contributed by atoms with E-state index in [9.17, 15) is 4.79 Å². The lowest BCUT2D eigenvalue weighted by Crippen LogP contribution is -2.13. The third kappa shape index (κ3) is 3.56. The molecule has 0 saturated heterocycles. The first-order valence-electron chi connectivity index (χ1n) is 7.33. The molecule has 0 aliphatic carbocycles. The van der Waals surface area contributed by atoms with Gasteiger partial charge in [-0.3, -0.25) is 4.79 Å². The van der Waals surface area contributed by atoms with Crippen molar-refractivity contribution in [1.82, 2.24) is 15.0 Å². The van der Waals surface area contributed by atoms with E-state index in [1.807, 2.05) is 30.3 Å². The Bertz CT molecular complexity index is 896. The summed E-state index contributed by atoms with van der Waals surface area (Å²) in [5, 5.41) is 10.9. The number of rotatable bonds is 5. The lowest BCUT2D eigenvalue weighted by molar-refractivity contribution is 0.102. The van der Waals surface area contributed by atoms with Crippen LogP contribution in [0.5, 0.6) is 11.5 Å². The minimum atomic E-state index is -0.429. The molecule has 3 aromatic rings. The van der Waals surface area contributed by atoms with Gasteiger partial charge in [-0.1, -0.05) is 35.0 Å². The largest absolute Gasteiger partial charge is 0.495 e. The van der Waals surface area contributed by atoms with Gasteiger partial charge >= 0.3 is 0 Å². The molecule has 1 N–H and O–H groups in total. The highest BCUT2D eigenvalue weighted by Gasteiger charge is 2.16. The zero-order valence-electron chi connectivity index (χ0n) is 13.6. The number of halogens is 1. The highest BCUT2D eigenvalue weighted by atomic mass is 35.5. The Balaban J connectivity index is 1.84. The Hall–Kier alpha value is -3.06. The summed E-state index contributed by atoms with van der Waals surface area (Å²) in [7, 11) is 2.99. The lowest BCUT2D eigenvalue weighted by Gasteiger charge is -2.12. The fourth-order valence-corrected chi connectivity index (χ4v) is 2.46. The van der Waals surface area contributed by atoms with Gasteiger partial charge in [0.15, 0.2) is 5.69 Å². The van der Waals surface area contributed by atoms with Gasteiger partial charge in [-0.05, 0) is 18.2 Å². The molecule has 25 heavy (non-hydrogen) atoms. The average Bonchev–Trinajstić information content (AvgIpc) is 3.13. The topological polar surface area (TPSA) is 78.3 Å². The predicted octanol–water partition coefficient (Wildman–Crippen LogP) is 3.19. The molecule has 0 aliphatic heterocycles. The molecule has 0 fully saturated rings. The summed E-state index contributed by atoms with van der Waals surface area (Å²) in [6.45, 7) is 0. The summed E-state index contributed by atoms with van der Waals surface area (Å²) in [5.41, 5.74) is 1.38. The van der Waals surface area contributed by atoms with Crippen molar-refractivity contribution in [3.8, 4) is 17.2 Å². The van der Waals surface area contributed by atoms with Crippen LogP contribution in [0.2, 0.25) is 5.02 Å². The van der Waals surface area contributed by atoms with Crippen molar-refractivity contribution in [3.63, 3.8) is 0 Å². The number of aromatic nitrogens is 3. The van der Waals surface area contributed by atoms with Crippen molar-refractivity contribution in [3.05, 3.63) is 59.4 Å². The number of carbonyl (C=O) groups is 1. The standard InChI is InChI=1S/C17H15ClN4O3/c1-24-15-9-16(25-2)13(8-12(15)18)19-17(23)14-10-22(21-20-14)11-6-4-3-5-7-11/h3-10H,1-2H3,(H,19,23). The summed E-state index contributed by atoms with van der Waals surface area (Å²) >= 11 is 6.11. The minimum absolute atomic E-state index is 0.165. The van der Waals surface area contributed by atoms with Crippen LogP contribution in [0, 0.1) is 0 Å². The molecule has 7 nitrogen and oxygen atoms in total. The van der Waals surface area contributed by atoms with Gasteiger partial charge < -0.3 is 14.8 Å². The van der Waals surface area contributed by atoms with E-state index in [1.165, 1.54) is 18.9 Å². The summed E-state index contributed by atoms with van der Waals surface area (Å²) in [6, 6.07) is 12.5. The molecule has 128 valence electrons. The number of amides is 1. The number of nitrogens with one attached hydrogen (secondary N) is 1. The van der Waals surface area contributed by atoms with Crippen molar-refractivity contribution >= 4 is 23.2 Å². The van der Waals surface area contributed by atoms with Gasteiger partial charge in [-0.2, -0.15) is 0 Å². The Labute approximate surface area is 149 Å². The second-order valence-electron chi connectivity index (χ2n) is 5.03. The van der Waals surface area contributed by atoms with Crippen LogP contribution in [-0.2, 0) is 0 Å². The molecule has 0 unspecified atom stereocenters. The van der Waals surface area contributed by atoms with E-state index in [-0.39, 0.29) is 5.69 Å². The van der Waals surface area contributed by atoms with Crippen LogP contribution >= 0.6 is 11.6 Å². The summed E-state index contributed by atoms with van der Waals surface area (Å²) < 4.78 is 11.9. The maximum atomic E-state index is 12.4. The maximum absolute atomic E-state index is 12.4. The van der Waals surface area contributed by atoms with Gasteiger partial charge in [-0.25, -0.2) is 4.68 Å². The average molecular weight is 359 g/mol. The Morgan fingerprint density at radius 2 is 1.84 bits per heavy atom. The van der Waals surface area contributed by atoms with Crippen molar-refractivity contribution in [2.24, 2.45) is 0 Å². The number of carbonyl (C=O) groups excluding carboxylic acids is 1. The first-order chi connectivity index (χ1) is 12.1. The van der Waals surface area contributed by atoms with Crippen LogP contribution in [-0.4, -0.2) is 35.1 Å². The maximum Gasteiger partial charge on any atom is 0.277 e. The molecule has 2 aromatic carbocycles. The monoisotopic (exact) mass is 358 g/mol. The smallest absolute Gasteiger partial charge is 0.277 e. The van der Waals surface area contributed by atoms with Gasteiger partial charge in [0.1, 0.15) is 11.5 Å². The van der Waals surface area contributed by atoms with Gasteiger partial charge in [-0.15, -0.1) is 5.10 Å². The minimum Gasteiger partial charge on any atom is -0.495 e. The molecule has 0 bridgehead atoms. The first-order valence-corrected chi connectivity index (χ1v) is 7.71. The molecule has 1 aromatic heterocycles. The number of para-hydroxylation sites is 1. The second-order valence-corrected chi connectivity index (χ2v) is 5.43. The fraction of sp³-hybridized carbons (Fsp3) is 0.118. The molecule has 0 spiro atoms. The molecule has 1 amide bonds. The number of nitrogens with zero attached hydrogens (tertiary/aromatic N) is 3. The number of anilines is 1. The third-order valence-corrected chi connectivity index (χ3v) is 3.76. The molecule has 0 saturated carbocycles. The highest BCUT2D eigenvalue weighted by Crippen LogP contribution is 2.36. The van der Waals surface area contributed by atoms with Crippen molar-refractivity contribution < 1.29 is 14.3 Å². The Kier molecular flexibility index (Phi) is 4.85. The quantitative estimate of drug-likeness (QED) is 0.757. The highest BCUT2D eigenvalue weighted by molar-refractivity contribution is 6.32. The number of hydrogen-bond acceptors (Lipinski definition) is 5. The van der Waals surface area contributed by atoms with Crippen molar-refractivity contribution in [2.45, 2.75) is 0 Å². The third-order valence-electron chi connectivity index (χ3n) is 3.47. The SMILES string of the molecule is COc1cc(OC)c(NC(=O)c2cn(-c3ccccc3)nn2)cc1Cl. The number of hydrogen-bond donors (Lipinski definition) is 1. The van der Waals surface area contributed by atoms with E-state index < -0.39 is 5.91 Å². The molecule has 0 aliphatic rings. The zero-order valence-corrected chi connectivity index (χ0v) is 14.3. The van der Waals surface area contributed by atoms with E-state index in [0.717, 1.165) is 5.69 Å². The normalized spacial score (nSPS) is 10.4. The van der Waals surface area contributed by atoms with Gasteiger partial charge in [0.2, 0.25) is 0 Å². The van der Waals surface area contributed by atoms with Crippen LogP contribution in [0.25, 0.3) is 5.69 Å². The van der Waals surface area contributed by atoms with Crippen LogP contribution in [0.3, 0.4) is 0 Å². The van der Waals surface area contributed by atoms with Gasteiger partial charge in [0.05, 0.1) is 36.8 Å². The number of ether oxygens (including phenoxy) is 2. The Morgan fingerprint density at radius 1 is 1.12 bits per heavy atom.